The Balaban J connectivity index is 1.59. The van der Waals surface area contributed by atoms with Crippen molar-refractivity contribution >= 4 is 11.3 Å². The van der Waals surface area contributed by atoms with Crippen LogP contribution < -0.4 is 0 Å². The fraction of sp³-hybridized carbons (Fsp3) is 0.733. The molecule has 2 atom stereocenters. The number of hydrogen-bond acceptors (Lipinski definition) is 4. The van der Waals surface area contributed by atoms with E-state index in [1.807, 2.05) is 11.3 Å². The van der Waals surface area contributed by atoms with Crippen molar-refractivity contribution in [2.24, 2.45) is 0 Å². The van der Waals surface area contributed by atoms with Crippen molar-refractivity contribution < 1.29 is 9.47 Å². The van der Waals surface area contributed by atoms with E-state index in [0.717, 1.165) is 32.7 Å². The molecule has 2 aliphatic heterocycles. The van der Waals surface area contributed by atoms with E-state index in [1.165, 1.54) is 24.3 Å². The highest BCUT2D eigenvalue weighted by Gasteiger charge is 2.43. The van der Waals surface area contributed by atoms with E-state index in [9.17, 15) is 0 Å². The fourth-order valence-electron chi connectivity index (χ4n) is 3.38. The van der Waals surface area contributed by atoms with Crippen molar-refractivity contribution in [3.05, 3.63) is 22.4 Å². The lowest BCUT2D eigenvalue weighted by molar-refractivity contribution is -0.0543. The van der Waals surface area contributed by atoms with Crippen LogP contribution in [-0.2, 0) is 16.0 Å². The van der Waals surface area contributed by atoms with Crippen LogP contribution >= 0.6 is 11.3 Å². The molecule has 3 rings (SSSR count). The van der Waals surface area contributed by atoms with Gasteiger partial charge in [-0.1, -0.05) is 6.07 Å². The lowest BCUT2D eigenvalue weighted by Crippen LogP contribution is -2.47. The Kier molecular flexibility index (Phi) is 4.22. The van der Waals surface area contributed by atoms with E-state index in [1.54, 1.807) is 0 Å². The van der Waals surface area contributed by atoms with Gasteiger partial charge in [0, 0.05) is 31.0 Å². The van der Waals surface area contributed by atoms with Crippen LogP contribution in [0.5, 0.6) is 0 Å². The van der Waals surface area contributed by atoms with E-state index in [-0.39, 0.29) is 5.60 Å². The fourth-order valence-corrected chi connectivity index (χ4v) is 4.12. The minimum atomic E-state index is 0.0648. The average molecular weight is 281 g/mol. The Hall–Kier alpha value is -0.420. The number of piperidine rings is 1. The quantitative estimate of drug-likeness (QED) is 0.847. The molecular weight excluding hydrogens is 258 g/mol. The predicted molar refractivity (Wildman–Crippen MR) is 77.5 cm³/mol. The normalized spacial score (nSPS) is 32.2. The Labute approximate surface area is 119 Å². The summed E-state index contributed by atoms with van der Waals surface area (Å²) in [5, 5.41) is 2.16. The third-order valence-corrected chi connectivity index (χ3v) is 5.02. The molecule has 0 N–H and O–H groups in total. The molecule has 0 unspecified atom stereocenters. The van der Waals surface area contributed by atoms with Crippen LogP contribution in [0.4, 0.5) is 0 Å². The zero-order valence-electron chi connectivity index (χ0n) is 11.6. The molecule has 0 saturated carbocycles. The monoisotopic (exact) mass is 281 g/mol. The Bertz CT molecular complexity index is 395. The first-order valence-electron chi connectivity index (χ1n) is 7.30. The van der Waals surface area contributed by atoms with Gasteiger partial charge >= 0.3 is 0 Å². The summed E-state index contributed by atoms with van der Waals surface area (Å²) in [6.07, 6.45) is 3.82. The van der Waals surface area contributed by atoms with Crippen LogP contribution in [0.3, 0.4) is 0 Å². The van der Waals surface area contributed by atoms with Gasteiger partial charge in [0.15, 0.2) is 0 Å². The van der Waals surface area contributed by atoms with Crippen LogP contribution in [0.1, 0.15) is 31.1 Å². The number of hydrogen-bond donors (Lipinski definition) is 0. The highest BCUT2D eigenvalue weighted by molar-refractivity contribution is 7.09. The Morgan fingerprint density at radius 2 is 2.53 bits per heavy atom. The second kappa shape index (κ2) is 5.92. The van der Waals surface area contributed by atoms with E-state index >= 15 is 0 Å². The molecule has 2 fully saturated rings. The second-order valence-corrected chi connectivity index (χ2v) is 6.70. The number of likely N-dealkylation sites (tertiary alicyclic amines) is 1. The lowest BCUT2D eigenvalue weighted by atomic mass is 9.89. The zero-order chi connectivity index (χ0) is 13.1. The van der Waals surface area contributed by atoms with Gasteiger partial charge in [-0.3, -0.25) is 4.90 Å². The van der Waals surface area contributed by atoms with Crippen molar-refractivity contribution in [1.29, 1.82) is 0 Å². The van der Waals surface area contributed by atoms with Crippen molar-refractivity contribution in [2.45, 2.75) is 44.4 Å². The van der Waals surface area contributed by atoms with Gasteiger partial charge in [0.25, 0.3) is 0 Å². The molecule has 0 aliphatic carbocycles. The van der Waals surface area contributed by atoms with Crippen LogP contribution in [0.25, 0.3) is 0 Å². The summed E-state index contributed by atoms with van der Waals surface area (Å²) in [4.78, 5) is 4.00. The van der Waals surface area contributed by atoms with Crippen LogP contribution in [0.2, 0.25) is 0 Å². The first-order chi connectivity index (χ1) is 9.30. The van der Waals surface area contributed by atoms with Gasteiger partial charge in [-0.05, 0) is 37.8 Å². The standard InChI is InChI=1S/C15H23NO2S/c1-2-17-13-9-15(18-11-13)6-4-7-16(12-15)10-14-5-3-8-19-14/h3,5,8,13H,2,4,6-7,9-12H2,1H3/t13-,15+/m0/s1. The molecule has 1 aromatic rings. The van der Waals surface area contributed by atoms with Gasteiger partial charge in [0.2, 0.25) is 0 Å². The molecule has 0 amide bonds. The molecule has 4 heteroatoms. The SMILES string of the molecule is CCO[C@@H]1CO[C@]2(CCCN(Cc3cccs3)C2)C1. The molecule has 1 spiro atoms. The summed E-state index contributed by atoms with van der Waals surface area (Å²) < 4.78 is 11.9. The first-order valence-corrected chi connectivity index (χ1v) is 8.18. The van der Waals surface area contributed by atoms with Gasteiger partial charge in [-0.15, -0.1) is 11.3 Å². The molecule has 3 heterocycles. The molecule has 0 radical (unpaired) electrons. The van der Waals surface area contributed by atoms with Crippen molar-refractivity contribution in [2.75, 3.05) is 26.3 Å². The summed E-state index contributed by atoms with van der Waals surface area (Å²) >= 11 is 1.85. The molecule has 3 nitrogen and oxygen atoms in total. The summed E-state index contributed by atoms with van der Waals surface area (Å²) in [5.41, 5.74) is 0.0648. The highest BCUT2D eigenvalue weighted by Crippen LogP contribution is 2.36. The zero-order valence-corrected chi connectivity index (χ0v) is 12.5. The molecule has 1 aromatic heterocycles. The molecule has 19 heavy (non-hydrogen) atoms. The third kappa shape index (κ3) is 3.19. The number of nitrogens with zero attached hydrogens (tertiary/aromatic N) is 1. The van der Waals surface area contributed by atoms with E-state index < -0.39 is 0 Å². The molecular formula is C15H23NO2S. The molecule has 2 saturated heterocycles. The summed E-state index contributed by atoms with van der Waals surface area (Å²) in [7, 11) is 0. The van der Waals surface area contributed by atoms with Gasteiger partial charge in [0.1, 0.15) is 0 Å². The van der Waals surface area contributed by atoms with Gasteiger partial charge in [-0.25, -0.2) is 0 Å². The largest absolute Gasteiger partial charge is 0.376 e. The van der Waals surface area contributed by atoms with E-state index in [4.69, 9.17) is 9.47 Å². The topological polar surface area (TPSA) is 21.7 Å². The van der Waals surface area contributed by atoms with Crippen LogP contribution in [-0.4, -0.2) is 42.9 Å². The Morgan fingerprint density at radius 3 is 3.32 bits per heavy atom. The predicted octanol–water partition coefficient (Wildman–Crippen LogP) is 2.91. The number of rotatable bonds is 4. The maximum absolute atomic E-state index is 6.13. The number of ether oxygens (including phenoxy) is 2. The Morgan fingerprint density at radius 1 is 1.58 bits per heavy atom. The van der Waals surface area contributed by atoms with E-state index in [2.05, 4.69) is 29.3 Å². The summed E-state index contributed by atoms with van der Waals surface area (Å²) in [6.45, 7) is 6.97. The summed E-state index contributed by atoms with van der Waals surface area (Å²) in [5.74, 6) is 0. The van der Waals surface area contributed by atoms with E-state index in [0.29, 0.717) is 6.10 Å². The minimum absolute atomic E-state index is 0.0648. The molecule has 0 aromatic carbocycles. The van der Waals surface area contributed by atoms with Crippen molar-refractivity contribution in [1.82, 2.24) is 4.90 Å². The van der Waals surface area contributed by atoms with Gasteiger partial charge in [-0.2, -0.15) is 0 Å². The minimum Gasteiger partial charge on any atom is -0.376 e. The average Bonchev–Trinajstić information content (AvgIpc) is 3.01. The van der Waals surface area contributed by atoms with Crippen molar-refractivity contribution in [3.8, 4) is 0 Å². The maximum atomic E-state index is 6.13. The number of thiophene rings is 1. The second-order valence-electron chi connectivity index (χ2n) is 5.67. The molecule has 106 valence electrons. The smallest absolute Gasteiger partial charge is 0.0836 e. The van der Waals surface area contributed by atoms with Crippen molar-refractivity contribution in [3.63, 3.8) is 0 Å². The third-order valence-electron chi connectivity index (χ3n) is 4.16. The molecule has 2 aliphatic rings. The van der Waals surface area contributed by atoms with Crippen LogP contribution in [0.15, 0.2) is 17.5 Å². The lowest BCUT2D eigenvalue weighted by Gasteiger charge is -2.39. The first kappa shape index (κ1) is 13.6. The van der Waals surface area contributed by atoms with Gasteiger partial charge < -0.3 is 9.47 Å². The molecule has 0 bridgehead atoms. The highest BCUT2D eigenvalue weighted by atomic mass is 32.1. The maximum Gasteiger partial charge on any atom is 0.0836 e. The van der Waals surface area contributed by atoms with Crippen LogP contribution in [0, 0.1) is 0 Å². The summed E-state index contributed by atoms with van der Waals surface area (Å²) in [6, 6.07) is 4.36. The van der Waals surface area contributed by atoms with Gasteiger partial charge in [0.05, 0.1) is 18.3 Å².